The molecule has 34 heavy (non-hydrogen) atoms. The minimum absolute atomic E-state index is 0.0185. The number of hydrogen-bond donors (Lipinski definition) is 1. The van der Waals surface area contributed by atoms with Crippen molar-refractivity contribution in [2.75, 3.05) is 31.9 Å². The molecule has 1 unspecified atom stereocenters. The highest BCUT2D eigenvalue weighted by molar-refractivity contribution is 7.97. The van der Waals surface area contributed by atoms with Gasteiger partial charge < -0.3 is 19.5 Å². The summed E-state index contributed by atoms with van der Waals surface area (Å²) >= 11 is 1.95. The molecule has 0 bridgehead atoms. The highest BCUT2D eigenvalue weighted by Crippen LogP contribution is 2.30. The summed E-state index contributed by atoms with van der Waals surface area (Å²) in [6.07, 6.45) is 15.3. The van der Waals surface area contributed by atoms with Crippen LogP contribution in [0.15, 0.2) is 52.1 Å². The minimum Gasteiger partial charge on any atom is -0.490 e. The van der Waals surface area contributed by atoms with E-state index in [1.165, 1.54) is 16.9 Å². The average molecular weight is 488 g/mol. The van der Waals surface area contributed by atoms with Gasteiger partial charge in [-0.1, -0.05) is 42.7 Å². The van der Waals surface area contributed by atoms with Crippen molar-refractivity contribution in [2.24, 2.45) is 10.9 Å². The zero-order chi connectivity index (χ0) is 23.9. The van der Waals surface area contributed by atoms with Crippen LogP contribution >= 0.6 is 11.9 Å². The Morgan fingerprint density at radius 2 is 1.85 bits per heavy atom. The van der Waals surface area contributed by atoms with Gasteiger partial charge in [-0.3, -0.25) is 4.31 Å². The van der Waals surface area contributed by atoms with Gasteiger partial charge in [0, 0.05) is 57.4 Å². The van der Waals surface area contributed by atoms with E-state index >= 15 is 0 Å². The third-order valence-corrected chi connectivity index (χ3v) is 8.01. The van der Waals surface area contributed by atoms with E-state index in [0.717, 1.165) is 43.0 Å². The summed E-state index contributed by atoms with van der Waals surface area (Å²) < 4.78 is 15.1. The maximum atomic E-state index is 11.1. The smallest absolute Gasteiger partial charge is 0.407 e. The van der Waals surface area contributed by atoms with Gasteiger partial charge in [0.05, 0.1) is 5.57 Å². The van der Waals surface area contributed by atoms with Crippen LogP contribution < -0.4 is 0 Å². The minimum atomic E-state index is -0.859. The lowest BCUT2D eigenvalue weighted by Gasteiger charge is -2.33. The van der Waals surface area contributed by atoms with E-state index in [4.69, 9.17) is 14.6 Å². The van der Waals surface area contributed by atoms with Crippen LogP contribution in [-0.4, -0.2) is 70.8 Å². The second-order valence-corrected chi connectivity index (χ2v) is 10.6. The van der Waals surface area contributed by atoms with Crippen molar-refractivity contribution in [3.05, 3.63) is 47.1 Å². The second kappa shape index (κ2) is 12.0. The van der Waals surface area contributed by atoms with Crippen LogP contribution in [0.1, 0.15) is 52.4 Å². The third kappa shape index (κ3) is 6.92. The molecule has 8 heteroatoms. The Balaban J connectivity index is 1.25. The number of allylic oxidation sites excluding steroid dienone is 5. The number of amides is 1. The number of nitrogens with zero attached hydrogens (tertiary/aromatic N) is 3. The molecule has 4 rings (SSSR count). The van der Waals surface area contributed by atoms with E-state index in [9.17, 15) is 4.79 Å². The number of ether oxygens (including phenoxy) is 2. The fourth-order valence-electron chi connectivity index (χ4n) is 4.70. The first kappa shape index (κ1) is 24.9. The van der Waals surface area contributed by atoms with Gasteiger partial charge in [0.15, 0.2) is 0 Å². The molecule has 0 aromatic carbocycles. The van der Waals surface area contributed by atoms with E-state index in [1.807, 2.05) is 25.1 Å². The highest BCUT2D eigenvalue weighted by Gasteiger charge is 2.27. The Morgan fingerprint density at radius 3 is 2.56 bits per heavy atom. The maximum Gasteiger partial charge on any atom is 0.407 e. The summed E-state index contributed by atoms with van der Waals surface area (Å²) in [7, 11) is 0. The molecule has 3 heterocycles. The number of likely N-dealkylation sites (tertiary alicyclic amines) is 1. The molecule has 2 saturated heterocycles. The van der Waals surface area contributed by atoms with Gasteiger partial charge in [0.25, 0.3) is 0 Å². The van der Waals surface area contributed by atoms with Crippen LogP contribution in [0.3, 0.4) is 0 Å². The number of carboxylic acid groups (broad SMARTS) is 1. The Morgan fingerprint density at radius 1 is 1.15 bits per heavy atom. The number of piperidine rings is 2. The highest BCUT2D eigenvalue weighted by atomic mass is 32.2. The first-order chi connectivity index (χ1) is 16.5. The van der Waals surface area contributed by atoms with Gasteiger partial charge in [-0.25, -0.2) is 9.79 Å². The number of carbonyl (C=O) groups is 1. The van der Waals surface area contributed by atoms with Crippen molar-refractivity contribution in [3.63, 3.8) is 0 Å². The van der Waals surface area contributed by atoms with Gasteiger partial charge in [0.2, 0.25) is 5.88 Å². The molecule has 0 aromatic rings. The van der Waals surface area contributed by atoms with Crippen LogP contribution in [0.4, 0.5) is 4.79 Å². The lowest BCUT2D eigenvalue weighted by molar-refractivity contribution is 0.0452. The van der Waals surface area contributed by atoms with Crippen molar-refractivity contribution in [1.29, 1.82) is 0 Å². The van der Waals surface area contributed by atoms with Gasteiger partial charge >= 0.3 is 6.09 Å². The average Bonchev–Trinajstić information content (AvgIpc) is 3.00. The SMILES string of the molecule is CC1=C(OC2CCN(C(=O)O)CC2)N=CCC=C1OC1CCN(SCC2=CC=CC(C)C2)CC1. The summed E-state index contributed by atoms with van der Waals surface area (Å²) in [4.78, 5) is 17.1. The van der Waals surface area contributed by atoms with Crippen LogP contribution in [0.25, 0.3) is 0 Å². The molecule has 2 fully saturated rings. The van der Waals surface area contributed by atoms with E-state index in [2.05, 4.69) is 40.5 Å². The molecule has 0 saturated carbocycles. The van der Waals surface area contributed by atoms with Crippen molar-refractivity contribution in [3.8, 4) is 0 Å². The molecule has 0 spiro atoms. The molecular formula is C26H37N3O4S. The largest absolute Gasteiger partial charge is 0.490 e. The standard InChI is InChI=1S/C26H37N3O4S/c1-19-5-3-6-21(17-19)18-34-29-15-10-22(11-16-29)32-24-7-4-12-27-25(20(24)2)33-23-8-13-28(14-9-23)26(30)31/h3,5-7,12,19,22-23H,4,8-11,13-18H2,1-2H3,(H,30,31). The molecule has 1 aliphatic carbocycles. The van der Waals surface area contributed by atoms with Crippen LogP contribution in [0.2, 0.25) is 0 Å². The number of aliphatic imine (C=N–C) groups is 1. The van der Waals surface area contributed by atoms with Gasteiger partial charge in [0.1, 0.15) is 18.0 Å². The summed E-state index contributed by atoms with van der Waals surface area (Å²) in [5.74, 6) is 3.21. The third-order valence-electron chi connectivity index (χ3n) is 6.78. The molecule has 0 radical (unpaired) electrons. The van der Waals surface area contributed by atoms with E-state index in [1.54, 1.807) is 0 Å². The maximum absolute atomic E-state index is 11.1. The molecule has 1 amide bonds. The number of hydrogen-bond acceptors (Lipinski definition) is 6. The quantitative estimate of drug-likeness (QED) is 0.486. The Bertz CT molecular complexity index is 878. The van der Waals surface area contributed by atoms with Crippen molar-refractivity contribution >= 4 is 24.3 Å². The molecule has 7 nitrogen and oxygen atoms in total. The topological polar surface area (TPSA) is 74.6 Å². The van der Waals surface area contributed by atoms with Crippen molar-refractivity contribution in [1.82, 2.24) is 9.21 Å². The molecule has 1 N–H and O–H groups in total. The fraction of sp³-hybridized carbons (Fsp3) is 0.615. The van der Waals surface area contributed by atoms with Gasteiger partial charge in [-0.2, -0.15) is 0 Å². The normalized spacial score (nSPS) is 25.1. The molecule has 3 aliphatic heterocycles. The van der Waals surface area contributed by atoms with Gasteiger partial charge in [-0.15, -0.1) is 0 Å². The molecular weight excluding hydrogens is 450 g/mol. The molecule has 186 valence electrons. The van der Waals surface area contributed by atoms with Crippen molar-refractivity contribution < 1.29 is 19.4 Å². The molecule has 1 atom stereocenters. The zero-order valence-corrected chi connectivity index (χ0v) is 21.1. The predicted octanol–water partition coefficient (Wildman–Crippen LogP) is 5.39. The van der Waals surface area contributed by atoms with Crippen LogP contribution in [0, 0.1) is 5.92 Å². The molecule has 0 aromatic heterocycles. The van der Waals surface area contributed by atoms with Crippen LogP contribution in [0.5, 0.6) is 0 Å². The summed E-state index contributed by atoms with van der Waals surface area (Å²) in [6, 6.07) is 0. The summed E-state index contributed by atoms with van der Waals surface area (Å²) in [5.41, 5.74) is 2.46. The number of rotatable bonds is 7. The Labute approximate surface area is 207 Å². The van der Waals surface area contributed by atoms with Crippen molar-refractivity contribution in [2.45, 2.75) is 64.6 Å². The van der Waals surface area contributed by atoms with E-state index < -0.39 is 6.09 Å². The van der Waals surface area contributed by atoms with Gasteiger partial charge in [-0.05, 0) is 38.2 Å². The first-order valence-corrected chi connectivity index (χ1v) is 13.4. The lowest BCUT2D eigenvalue weighted by atomic mass is 9.97. The van der Waals surface area contributed by atoms with E-state index in [0.29, 0.717) is 44.2 Å². The second-order valence-electron chi connectivity index (χ2n) is 9.54. The Hall–Kier alpha value is -2.19. The zero-order valence-electron chi connectivity index (χ0n) is 20.3. The Kier molecular flexibility index (Phi) is 8.78. The predicted molar refractivity (Wildman–Crippen MR) is 137 cm³/mol. The fourth-order valence-corrected chi connectivity index (χ4v) is 5.73. The monoisotopic (exact) mass is 487 g/mol. The summed E-state index contributed by atoms with van der Waals surface area (Å²) in [6.45, 7) is 7.35. The van der Waals surface area contributed by atoms with E-state index in [-0.39, 0.29) is 12.2 Å². The first-order valence-electron chi connectivity index (χ1n) is 12.5. The van der Waals surface area contributed by atoms with Crippen LogP contribution in [-0.2, 0) is 9.47 Å². The lowest BCUT2D eigenvalue weighted by Crippen LogP contribution is -2.40. The summed E-state index contributed by atoms with van der Waals surface area (Å²) in [5, 5.41) is 9.15. The molecule has 4 aliphatic rings.